The number of halogens is 1. The summed E-state index contributed by atoms with van der Waals surface area (Å²) >= 11 is 5.57. The van der Waals surface area contributed by atoms with Gasteiger partial charge < -0.3 is 5.32 Å². The van der Waals surface area contributed by atoms with Crippen molar-refractivity contribution in [1.29, 1.82) is 0 Å². The number of rotatable bonds is 7. The van der Waals surface area contributed by atoms with Crippen LogP contribution >= 0.6 is 11.6 Å². The molecule has 12 heavy (non-hydrogen) atoms. The fourth-order valence-corrected chi connectivity index (χ4v) is 1.15. The van der Waals surface area contributed by atoms with E-state index in [2.05, 4.69) is 26.1 Å². The van der Waals surface area contributed by atoms with Crippen LogP contribution in [0.25, 0.3) is 0 Å². The minimum absolute atomic E-state index is 0.640. The molecule has 0 rings (SSSR count). The van der Waals surface area contributed by atoms with Gasteiger partial charge in [-0.25, -0.2) is 0 Å². The first-order chi connectivity index (χ1) is 5.68. The minimum atomic E-state index is 0.640. The lowest BCUT2D eigenvalue weighted by atomic mass is 10.1. The van der Waals surface area contributed by atoms with Gasteiger partial charge in [0.25, 0.3) is 0 Å². The maximum absolute atomic E-state index is 5.57. The van der Waals surface area contributed by atoms with Crippen molar-refractivity contribution in [2.45, 2.75) is 46.1 Å². The topological polar surface area (TPSA) is 12.0 Å². The summed E-state index contributed by atoms with van der Waals surface area (Å²) in [5.41, 5.74) is 0. The lowest BCUT2D eigenvalue weighted by Gasteiger charge is -2.16. The molecule has 74 valence electrons. The highest BCUT2D eigenvalue weighted by molar-refractivity contribution is 6.17. The molecule has 0 aromatic rings. The normalized spacial score (nSPS) is 13.8. The van der Waals surface area contributed by atoms with E-state index in [4.69, 9.17) is 11.6 Å². The van der Waals surface area contributed by atoms with E-state index < -0.39 is 0 Å². The van der Waals surface area contributed by atoms with Crippen LogP contribution in [0.5, 0.6) is 0 Å². The van der Waals surface area contributed by atoms with Crippen molar-refractivity contribution < 1.29 is 0 Å². The molecule has 1 atom stereocenters. The van der Waals surface area contributed by atoms with E-state index in [1.165, 1.54) is 12.8 Å². The number of alkyl halides is 1. The molecule has 0 aromatic heterocycles. The van der Waals surface area contributed by atoms with E-state index in [0.717, 1.165) is 24.8 Å². The Labute approximate surface area is 81.9 Å². The van der Waals surface area contributed by atoms with Crippen LogP contribution in [0.4, 0.5) is 0 Å². The molecule has 0 heterocycles. The molecule has 0 spiro atoms. The van der Waals surface area contributed by atoms with E-state index in [-0.39, 0.29) is 0 Å². The van der Waals surface area contributed by atoms with E-state index in [9.17, 15) is 0 Å². The second-order valence-electron chi connectivity index (χ2n) is 3.74. The van der Waals surface area contributed by atoms with Gasteiger partial charge in [-0.05, 0) is 32.2 Å². The number of nitrogens with one attached hydrogen (secondary N) is 1. The second-order valence-corrected chi connectivity index (χ2v) is 4.11. The first kappa shape index (κ1) is 12.2. The van der Waals surface area contributed by atoms with Gasteiger partial charge in [-0.2, -0.15) is 0 Å². The lowest BCUT2D eigenvalue weighted by Crippen LogP contribution is -2.31. The Morgan fingerprint density at radius 3 is 2.25 bits per heavy atom. The van der Waals surface area contributed by atoms with Gasteiger partial charge in [0, 0.05) is 11.9 Å². The summed E-state index contributed by atoms with van der Waals surface area (Å²) in [6, 6.07) is 0.640. The zero-order chi connectivity index (χ0) is 9.40. The number of unbranched alkanes of at least 4 members (excludes halogenated alkanes) is 2. The zero-order valence-corrected chi connectivity index (χ0v) is 9.32. The SMILES string of the molecule is CC(C)[C@H](C)NCCCCCCl. The van der Waals surface area contributed by atoms with Crippen molar-refractivity contribution in [3.05, 3.63) is 0 Å². The summed E-state index contributed by atoms with van der Waals surface area (Å²) in [7, 11) is 0. The first-order valence-corrected chi connectivity index (χ1v) is 5.51. The molecule has 0 bridgehead atoms. The van der Waals surface area contributed by atoms with Crippen molar-refractivity contribution >= 4 is 11.6 Å². The maximum Gasteiger partial charge on any atom is 0.0223 e. The Kier molecular flexibility index (Phi) is 8.04. The molecule has 1 nitrogen and oxygen atoms in total. The van der Waals surface area contributed by atoms with E-state index in [0.29, 0.717) is 6.04 Å². The number of hydrogen-bond acceptors (Lipinski definition) is 1. The molecular weight excluding hydrogens is 170 g/mol. The van der Waals surface area contributed by atoms with Crippen LogP contribution in [0.2, 0.25) is 0 Å². The van der Waals surface area contributed by atoms with E-state index in [1.807, 2.05) is 0 Å². The van der Waals surface area contributed by atoms with Gasteiger partial charge in [0.05, 0.1) is 0 Å². The maximum atomic E-state index is 5.57. The van der Waals surface area contributed by atoms with Crippen molar-refractivity contribution in [2.24, 2.45) is 5.92 Å². The van der Waals surface area contributed by atoms with Crippen LogP contribution in [0.3, 0.4) is 0 Å². The second kappa shape index (κ2) is 7.88. The molecule has 2 heteroatoms. The highest BCUT2D eigenvalue weighted by Gasteiger charge is 2.04. The predicted octanol–water partition coefficient (Wildman–Crippen LogP) is 3.03. The Morgan fingerprint density at radius 2 is 1.75 bits per heavy atom. The summed E-state index contributed by atoms with van der Waals surface area (Å²) in [6.07, 6.45) is 3.66. The van der Waals surface area contributed by atoms with Gasteiger partial charge in [0.1, 0.15) is 0 Å². The van der Waals surface area contributed by atoms with Crippen molar-refractivity contribution in [3.63, 3.8) is 0 Å². The third-order valence-corrected chi connectivity index (χ3v) is 2.54. The van der Waals surface area contributed by atoms with E-state index in [1.54, 1.807) is 0 Å². The third-order valence-electron chi connectivity index (χ3n) is 2.28. The minimum Gasteiger partial charge on any atom is -0.314 e. The van der Waals surface area contributed by atoms with Crippen LogP contribution in [-0.2, 0) is 0 Å². The summed E-state index contributed by atoms with van der Waals surface area (Å²) < 4.78 is 0. The Bertz CT molecular complexity index is 93.8. The molecule has 0 aromatic carbocycles. The molecule has 0 amide bonds. The van der Waals surface area contributed by atoms with Gasteiger partial charge in [-0.15, -0.1) is 11.6 Å². The van der Waals surface area contributed by atoms with Gasteiger partial charge in [-0.3, -0.25) is 0 Å². The molecule has 0 unspecified atom stereocenters. The smallest absolute Gasteiger partial charge is 0.0223 e. The van der Waals surface area contributed by atoms with Crippen LogP contribution in [0.1, 0.15) is 40.0 Å². The highest BCUT2D eigenvalue weighted by atomic mass is 35.5. The molecular formula is C10H22ClN. The van der Waals surface area contributed by atoms with Crippen LogP contribution < -0.4 is 5.32 Å². The summed E-state index contributed by atoms with van der Waals surface area (Å²) in [5.74, 6) is 1.54. The largest absolute Gasteiger partial charge is 0.314 e. The molecule has 0 saturated heterocycles. The molecule has 1 N–H and O–H groups in total. The Morgan fingerprint density at radius 1 is 1.08 bits per heavy atom. The molecule has 0 fully saturated rings. The van der Waals surface area contributed by atoms with Crippen molar-refractivity contribution in [3.8, 4) is 0 Å². The Hall–Kier alpha value is 0.250. The van der Waals surface area contributed by atoms with E-state index >= 15 is 0 Å². The fourth-order valence-electron chi connectivity index (χ4n) is 0.962. The standard InChI is InChI=1S/C10H22ClN/c1-9(2)10(3)12-8-6-4-5-7-11/h9-10,12H,4-8H2,1-3H3/t10-/m0/s1. The average Bonchev–Trinajstić information content (AvgIpc) is 2.03. The molecule has 0 radical (unpaired) electrons. The Balaban J connectivity index is 3.08. The van der Waals surface area contributed by atoms with Crippen molar-refractivity contribution in [2.75, 3.05) is 12.4 Å². The first-order valence-electron chi connectivity index (χ1n) is 4.97. The lowest BCUT2D eigenvalue weighted by molar-refractivity contribution is 0.421. The molecule has 0 aliphatic heterocycles. The fraction of sp³-hybridized carbons (Fsp3) is 1.00. The average molecular weight is 192 g/mol. The quantitative estimate of drug-likeness (QED) is 0.482. The van der Waals surface area contributed by atoms with Gasteiger partial charge >= 0.3 is 0 Å². The molecule has 0 saturated carbocycles. The van der Waals surface area contributed by atoms with Gasteiger partial charge in [0.2, 0.25) is 0 Å². The summed E-state index contributed by atoms with van der Waals surface area (Å²) in [4.78, 5) is 0. The third kappa shape index (κ3) is 6.93. The zero-order valence-electron chi connectivity index (χ0n) is 8.57. The summed E-state index contributed by atoms with van der Waals surface area (Å²) in [5, 5.41) is 3.50. The molecule has 0 aliphatic carbocycles. The van der Waals surface area contributed by atoms with Gasteiger partial charge in [-0.1, -0.05) is 20.3 Å². The van der Waals surface area contributed by atoms with Gasteiger partial charge in [0.15, 0.2) is 0 Å². The number of hydrogen-bond donors (Lipinski definition) is 1. The predicted molar refractivity (Wildman–Crippen MR) is 56.9 cm³/mol. The van der Waals surface area contributed by atoms with Crippen molar-refractivity contribution in [1.82, 2.24) is 5.32 Å². The monoisotopic (exact) mass is 191 g/mol. The summed E-state index contributed by atoms with van der Waals surface area (Å²) in [6.45, 7) is 7.87. The molecule has 0 aliphatic rings. The van der Waals surface area contributed by atoms with Crippen LogP contribution in [0, 0.1) is 5.92 Å². The van der Waals surface area contributed by atoms with Crippen LogP contribution in [-0.4, -0.2) is 18.5 Å². The highest BCUT2D eigenvalue weighted by Crippen LogP contribution is 2.01. The van der Waals surface area contributed by atoms with Crippen LogP contribution in [0.15, 0.2) is 0 Å².